The number of aliphatic hydroxyl groups excluding tert-OH is 1. The maximum absolute atomic E-state index is 13.9. The average Bonchev–Trinajstić information content (AvgIpc) is 2.49. The molecule has 0 amide bonds. The van der Waals surface area contributed by atoms with Crippen molar-refractivity contribution in [1.29, 1.82) is 0 Å². The largest absolute Gasteiger partial charge is 0.391 e. The summed E-state index contributed by atoms with van der Waals surface area (Å²) < 4.78 is 13.9. The molecule has 116 valence electrons. The normalized spacial score (nSPS) is 30.2. The lowest BCUT2D eigenvalue weighted by Gasteiger charge is -2.44. The number of piperidine rings is 1. The van der Waals surface area contributed by atoms with E-state index in [1.54, 1.807) is 18.2 Å². The Morgan fingerprint density at radius 1 is 1.10 bits per heavy atom. The van der Waals surface area contributed by atoms with Gasteiger partial charge in [-0.3, -0.25) is 4.90 Å². The van der Waals surface area contributed by atoms with Crippen LogP contribution in [0.1, 0.15) is 44.1 Å². The molecule has 1 heterocycles. The van der Waals surface area contributed by atoms with Crippen molar-refractivity contribution < 1.29 is 14.6 Å². The number of rotatable bonds is 2. The smallest absolute Gasteiger partial charge is 0.129 e. The molecule has 2 aliphatic rings. The fraction of sp³-hybridized carbons (Fsp3) is 0.647. The molecule has 1 saturated heterocycles. The van der Waals surface area contributed by atoms with Gasteiger partial charge in [-0.05, 0) is 31.7 Å². The molecule has 0 spiro atoms. The molecule has 0 bridgehead atoms. The van der Waals surface area contributed by atoms with Crippen molar-refractivity contribution in [2.75, 3.05) is 13.1 Å². The van der Waals surface area contributed by atoms with Crippen LogP contribution in [-0.4, -0.2) is 40.3 Å². The SMILES string of the molecule is O[C@H]1CCCC[C@@H]1N1CCC(O)(c2ccccc2F)CC1. The zero-order valence-electron chi connectivity index (χ0n) is 12.3. The van der Waals surface area contributed by atoms with Crippen LogP contribution in [0.5, 0.6) is 0 Å². The summed E-state index contributed by atoms with van der Waals surface area (Å²) in [5.74, 6) is -0.328. The molecule has 4 heteroatoms. The molecule has 2 fully saturated rings. The second-order valence-corrected chi connectivity index (χ2v) is 6.47. The summed E-state index contributed by atoms with van der Waals surface area (Å²) in [7, 11) is 0. The van der Waals surface area contributed by atoms with Gasteiger partial charge in [0.25, 0.3) is 0 Å². The van der Waals surface area contributed by atoms with Crippen LogP contribution in [0.15, 0.2) is 24.3 Å². The molecular weight excluding hydrogens is 269 g/mol. The number of hydrogen-bond acceptors (Lipinski definition) is 3. The summed E-state index contributed by atoms with van der Waals surface area (Å²) >= 11 is 0. The van der Waals surface area contributed by atoms with Gasteiger partial charge in [0.05, 0.1) is 11.7 Å². The highest BCUT2D eigenvalue weighted by molar-refractivity contribution is 5.25. The fourth-order valence-corrected chi connectivity index (χ4v) is 3.85. The third kappa shape index (κ3) is 2.98. The van der Waals surface area contributed by atoms with Crippen LogP contribution in [0.4, 0.5) is 4.39 Å². The zero-order valence-corrected chi connectivity index (χ0v) is 12.3. The van der Waals surface area contributed by atoms with Crippen LogP contribution >= 0.6 is 0 Å². The maximum Gasteiger partial charge on any atom is 0.129 e. The van der Waals surface area contributed by atoms with Crippen LogP contribution in [-0.2, 0) is 5.60 Å². The molecular formula is C17H24FNO2. The van der Waals surface area contributed by atoms with Crippen molar-refractivity contribution in [3.8, 4) is 0 Å². The van der Waals surface area contributed by atoms with Gasteiger partial charge < -0.3 is 10.2 Å². The Morgan fingerprint density at radius 2 is 1.76 bits per heavy atom. The lowest BCUT2D eigenvalue weighted by Crippen LogP contribution is -2.52. The molecule has 2 atom stereocenters. The molecule has 1 aromatic rings. The molecule has 0 aromatic heterocycles. The van der Waals surface area contributed by atoms with E-state index in [-0.39, 0.29) is 18.0 Å². The van der Waals surface area contributed by atoms with Crippen LogP contribution in [0, 0.1) is 5.82 Å². The Hall–Kier alpha value is -0.970. The zero-order chi connectivity index (χ0) is 14.9. The quantitative estimate of drug-likeness (QED) is 0.880. The molecule has 21 heavy (non-hydrogen) atoms. The third-order valence-corrected chi connectivity index (χ3v) is 5.16. The lowest BCUT2D eigenvalue weighted by molar-refractivity contribution is -0.0621. The Bertz CT molecular complexity index is 485. The van der Waals surface area contributed by atoms with Gasteiger partial charge in [0.2, 0.25) is 0 Å². The summed E-state index contributed by atoms with van der Waals surface area (Å²) in [6.45, 7) is 1.43. The predicted molar refractivity (Wildman–Crippen MR) is 79.4 cm³/mol. The van der Waals surface area contributed by atoms with E-state index >= 15 is 0 Å². The second kappa shape index (κ2) is 6.03. The van der Waals surface area contributed by atoms with Gasteiger partial charge in [-0.1, -0.05) is 31.0 Å². The van der Waals surface area contributed by atoms with Crippen molar-refractivity contribution in [2.45, 2.75) is 56.3 Å². The van der Waals surface area contributed by atoms with Gasteiger partial charge in [0.15, 0.2) is 0 Å². The van der Waals surface area contributed by atoms with E-state index in [4.69, 9.17) is 0 Å². The summed E-state index contributed by atoms with van der Waals surface area (Å²) in [4.78, 5) is 2.28. The highest BCUT2D eigenvalue weighted by Gasteiger charge is 2.39. The number of hydrogen-bond donors (Lipinski definition) is 2. The van der Waals surface area contributed by atoms with Gasteiger partial charge in [-0.25, -0.2) is 4.39 Å². The maximum atomic E-state index is 13.9. The van der Waals surface area contributed by atoms with Gasteiger partial charge in [0.1, 0.15) is 5.82 Å². The van der Waals surface area contributed by atoms with Crippen LogP contribution in [0.2, 0.25) is 0 Å². The van der Waals surface area contributed by atoms with E-state index in [9.17, 15) is 14.6 Å². The van der Waals surface area contributed by atoms with Crippen LogP contribution in [0.3, 0.4) is 0 Å². The molecule has 1 saturated carbocycles. The highest BCUT2D eigenvalue weighted by atomic mass is 19.1. The van der Waals surface area contributed by atoms with Gasteiger partial charge in [-0.2, -0.15) is 0 Å². The number of likely N-dealkylation sites (tertiary alicyclic amines) is 1. The van der Waals surface area contributed by atoms with Crippen molar-refractivity contribution in [3.63, 3.8) is 0 Å². The molecule has 2 N–H and O–H groups in total. The molecule has 0 radical (unpaired) electrons. The number of halogens is 1. The van der Waals surface area contributed by atoms with E-state index < -0.39 is 5.60 Å². The molecule has 1 aromatic carbocycles. The minimum Gasteiger partial charge on any atom is -0.391 e. The minimum atomic E-state index is -1.07. The third-order valence-electron chi connectivity index (χ3n) is 5.16. The van der Waals surface area contributed by atoms with Crippen molar-refractivity contribution in [2.24, 2.45) is 0 Å². The fourth-order valence-electron chi connectivity index (χ4n) is 3.85. The number of nitrogens with zero attached hydrogens (tertiary/aromatic N) is 1. The molecule has 1 aliphatic carbocycles. The first-order valence-electron chi connectivity index (χ1n) is 8.00. The first-order chi connectivity index (χ1) is 10.1. The first-order valence-corrected chi connectivity index (χ1v) is 8.00. The van der Waals surface area contributed by atoms with Crippen molar-refractivity contribution in [1.82, 2.24) is 4.90 Å². The van der Waals surface area contributed by atoms with E-state index in [0.717, 1.165) is 25.7 Å². The Balaban J connectivity index is 1.68. The molecule has 3 nitrogen and oxygen atoms in total. The second-order valence-electron chi connectivity index (χ2n) is 6.47. The van der Waals surface area contributed by atoms with Gasteiger partial charge >= 0.3 is 0 Å². The topological polar surface area (TPSA) is 43.7 Å². The summed E-state index contributed by atoms with van der Waals surface area (Å²) in [5.41, 5.74) is -0.657. The lowest BCUT2D eigenvalue weighted by atomic mass is 9.82. The van der Waals surface area contributed by atoms with E-state index in [0.29, 0.717) is 31.5 Å². The molecule has 1 aliphatic heterocycles. The molecule has 0 unspecified atom stereocenters. The van der Waals surface area contributed by atoms with Crippen molar-refractivity contribution in [3.05, 3.63) is 35.6 Å². The van der Waals surface area contributed by atoms with E-state index in [2.05, 4.69) is 4.90 Å². The Kier molecular flexibility index (Phi) is 4.29. The summed E-state index contributed by atoms with van der Waals surface area (Å²) in [6, 6.07) is 6.72. The highest BCUT2D eigenvalue weighted by Crippen LogP contribution is 2.36. The average molecular weight is 293 g/mol. The van der Waals surface area contributed by atoms with E-state index in [1.807, 2.05) is 0 Å². The first kappa shape index (κ1) is 14.9. The van der Waals surface area contributed by atoms with Gasteiger partial charge in [0, 0.05) is 24.7 Å². The summed E-state index contributed by atoms with van der Waals surface area (Å²) in [5, 5.41) is 20.9. The Labute approximate surface area is 125 Å². The van der Waals surface area contributed by atoms with Crippen molar-refractivity contribution >= 4 is 0 Å². The standard InChI is InChI=1S/C17H24FNO2/c18-14-6-2-1-5-13(14)17(21)9-11-19(12-10-17)15-7-3-4-8-16(15)20/h1-2,5-6,15-16,20-21H,3-4,7-12H2/t15-,16-/m0/s1. The summed E-state index contributed by atoms with van der Waals surface area (Å²) in [6.07, 6.45) is 4.96. The number of benzene rings is 1. The number of aliphatic hydroxyl groups is 2. The Morgan fingerprint density at radius 3 is 2.43 bits per heavy atom. The van der Waals surface area contributed by atoms with Crippen LogP contribution < -0.4 is 0 Å². The monoisotopic (exact) mass is 293 g/mol. The van der Waals surface area contributed by atoms with Crippen LogP contribution in [0.25, 0.3) is 0 Å². The van der Waals surface area contributed by atoms with E-state index in [1.165, 1.54) is 6.07 Å². The van der Waals surface area contributed by atoms with Gasteiger partial charge in [-0.15, -0.1) is 0 Å². The minimum absolute atomic E-state index is 0.212. The predicted octanol–water partition coefficient (Wildman–Crippen LogP) is 2.41. The molecule has 3 rings (SSSR count).